The summed E-state index contributed by atoms with van der Waals surface area (Å²) in [5, 5.41) is 0. The number of benzene rings is 3. The van der Waals surface area contributed by atoms with Crippen LogP contribution in [0.2, 0.25) is 0 Å². The summed E-state index contributed by atoms with van der Waals surface area (Å²) >= 11 is 0. The van der Waals surface area contributed by atoms with Crippen molar-refractivity contribution in [3.05, 3.63) is 113 Å². The average Bonchev–Trinajstić information content (AvgIpc) is 3.44. The molecule has 0 bridgehead atoms. The molecule has 2 fully saturated rings. The van der Waals surface area contributed by atoms with E-state index >= 15 is 0 Å². The Hall–Kier alpha value is -3.50. The molecule has 2 aliphatic heterocycles. The monoisotopic (exact) mass is 450 g/mol. The van der Waals surface area contributed by atoms with Gasteiger partial charge in [-0.05, 0) is 40.3 Å². The Labute approximate surface area is 199 Å². The second-order valence-corrected chi connectivity index (χ2v) is 9.64. The van der Waals surface area contributed by atoms with Gasteiger partial charge < -0.3 is 9.47 Å². The lowest BCUT2D eigenvalue weighted by Gasteiger charge is -2.26. The number of carbonyl (C=O) groups excluding carboxylic acids is 2. The fraction of sp³-hybridized carbons (Fsp3) is 0.267. The number of Topliss-reactive ketones (excluding diaryl/α,β-unsaturated/α-hetero) is 1. The van der Waals surface area contributed by atoms with Crippen LogP contribution >= 0.6 is 0 Å². The average molecular weight is 451 g/mol. The van der Waals surface area contributed by atoms with E-state index in [1.807, 2.05) is 73.7 Å². The second kappa shape index (κ2) is 7.78. The van der Waals surface area contributed by atoms with Crippen molar-refractivity contribution >= 4 is 17.8 Å². The van der Waals surface area contributed by atoms with Gasteiger partial charge in [-0.25, -0.2) is 0 Å². The second-order valence-electron chi connectivity index (χ2n) is 9.64. The van der Waals surface area contributed by atoms with Crippen LogP contribution in [0.4, 0.5) is 0 Å². The number of ketones is 1. The number of ether oxygens (including phenoxy) is 2. The predicted molar refractivity (Wildman–Crippen MR) is 129 cm³/mol. The van der Waals surface area contributed by atoms with Crippen LogP contribution in [0, 0.1) is 18.8 Å². The highest BCUT2D eigenvalue weighted by Gasteiger charge is 2.71. The maximum absolute atomic E-state index is 13.9. The van der Waals surface area contributed by atoms with E-state index in [4.69, 9.17) is 9.47 Å². The number of rotatable bonds is 5. The third kappa shape index (κ3) is 3.02. The molecule has 5 unspecified atom stereocenters. The molecule has 0 N–H and O–H groups in total. The molecule has 1 aliphatic carbocycles. The molecular formula is C30H26O4. The van der Waals surface area contributed by atoms with E-state index in [2.05, 4.69) is 12.6 Å². The molecular weight excluding hydrogens is 424 g/mol. The molecule has 2 heterocycles. The summed E-state index contributed by atoms with van der Waals surface area (Å²) in [5.74, 6) is -1.57. The van der Waals surface area contributed by atoms with Gasteiger partial charge in [-0.3, -0.25) is 9.59 Å². The molecule has 0 amide bonds. The first kappa shape index (κ1) is 21.1. The van der Waals surface area contributed by atoms with Crippen LogP contribution in [0.15, 0.2) is 79.4 Å². The lowest BCUT2D eigenvalue weighted by molar-refractivity contribution is -0.151. The maximum atomic E-state index is 13.9. The van der Waals surface area contributed by atoms with Gasteiger partial charge in [0.1, 0.15) is 17.3 Å². The number of hydrogen-bond acceptors (Lipinski definition) is 4. The van der Waals surface area contributed by atoms with Crippen molar-refractivity contribution in [1.82, 2.24) is 0 Å². The summed E-state index contributed by atoms with van der Waals surface area (Å²) in [6.07, 6.45) is 1.64. The van der Waals surface area contributed by atoms with E-state index in [-0.39, 0.29) is 18.2 Å². The van der Waals surface area contributed by atoms with Crippen LogP contribution in [0.25, 0.3) is 6.08 Å². The molecule has 4 heteroatoms. The van der Waals surface area contributed by atoms with Gasteiger partial charge in [0.25, 0.3) is 0 Å². The van der Waals surface area contributed by atoms with Crippen LogP contribution in [0.1, 0.15) is 45.6 Å². The molecule has 3 aromatic carbocycles. The topological polar surface area (TPSA) is 52.6 Å². The first-order valence-corrected chi connectivity index (χ1v) is 11.8. The summed E-state index contributed by atoms with van der Waals surface area (Å²) < 4.78 is 12.7. The summed E-state index contributed by atoms with van der Waals surface area (Å²) in [6.45, 7) is 5.91. The maximum Gasteiger partial charge on any atom is 0.313 e. The minimum absolute atomic E-state index is 0.00292. The fourth-order valence-corrected chi connectivity index (χ4v) is 6.15. The van der Waals surface area contributed by atoms with Gasteiger partial charge in [0.15, 0.2) is 6.10 Å². The highest BCUT2D eigenvalue weighted by molar-refractivity contribution is 5.92. The zero-order valence-corrected chi connectivity index (χ0v) is 19.1. The van der Waals surface area contributed by atoms with Crippen LogP contribution < -0.4 is 0 Å². The zero-order valence-electron chi connectivity index (χ0n) is 19.1. The van der Waals surface area contributed by atoms with Crippen LogP contribution in [-0.4, -0.2) is 17.4 Å². The lowest BCUT2D eigenvalue weighted by Crippen LogP contribution is -2.39. The van der Waals surface area contributed by atoms with E-state index in [0.717, 1.165) is 33.4 Å². The molecule has 34 heavy (non-hydrogen) atoms. The standard InChI is InChI=1S/C30H26O4/c1-3-20-15-19(14-13-18(20)2)16-24(31)25-26-29(32)33-28-23-12-8-7-11-22(23)17-30(26,28)34-27(25)21-9-5-4-6-10-21/h3-15,25-28H,1,16-17H2,2H3. The quantitative estimate of drug-likeness (QED) is 0.492. The fourth-order valence-electron chi connectivity index (χ4n) is 6.15. The molecule has 3 aromatic rings. The smallest absolute Gasteiger partial charge is 0.313 e. The van der Waals surface area contributed by atoms with Crippen molar-refractivity contribution in [3.63, 3.8) is 0 Å². The van der Waals surface area contributed by atoms with E-state index in [9.17, 15) is 9.59 Å². The van der Waals surface area contributed by atoms with Gasteiger partial charge in [0, 0.05) is 12.8 Å². The Bertz CT molecular complexity index is 1310. The summed E-state index contributed by atoms with van der Waals surface area (Å²) in [6, 6.07) is 23.8. The normalized spacial score (nSPS) is 28.7. The van der Waals surface area contributed by atoms with Crippen molar-refractivity contribution < 1.29 is 19.1 Å². The van der Waals surface area contributed by atoms with Gasteiger partial charge in [-0.1, -0.05) is 85.5 Å². The molecule has 3 aliphatic rings. The van der Waals surface area contributed by atoms with E-state index in [0.29, 0.717) is 6.42 Å². The number of esters is 1. The van der Waals surface area contributed by atoms with E-state index < -0.39 is 29.6 Å². The van der Waals surface area contributed by atoms with E-state index in [1.165, 1.54) is 0 Å². The molecule has 0 radical (unpaired) electrons. The zero-order chi connectivity index (χ0) is 23.4. The first-order chi connectivity index (χ1) is 16.5. The van der Waals surface area contributed by atoms with Gasteiger partial charge in [0.05, 0.1) is 12.0 Å². The Balaban J connectivity index is 1.41. The molecule has 0 saturated carbocycles. The van der Waals surface area contributed by atoms with Crippen molar-refractivity contribution in [2.24, 2.45) is 11.8 Å². The van der Waals surface area contributed by atoms with Gasteiger partial charge in [-0.2, -0.15) is 0 Å². The summed E-state index contributed by atoms with van der Waals surface area (Å²) in [5.41, 5.74) is 5.23. The van der Waals surface area contributed by atoms with Crippen molar-refractivity contribution in [2.75, 3.05) is 0 Å². The Morgan fingerprint density at radius 1 is 1.09 bits per heavy atom. The highest BCUT2D eigenvalue weighted by Crippen LogP contribution is 2.63. The molecule has 1 spiro atoms. The van der Waals surface area contributed by atoms with Crippen LogP contribution in [0.5, 0.6) is 0 Å². The van der Waals surface area contributed by atoms with Crippen LogP contribution in [-0.2, 0) is 31.9 Å². The minimum atomic E-state index is -0.846. The summed E-state index contributed by atoms with van der Waals surface area (Å²) in [7, 11) is 0. The molecule has 4 nitrogen and oxygen atoms in total. The summed E-state index contributed by atoms with van der Waals surface area (Å²) in [4.78, 5) is 27.2. The molecule has 6 rings (SSSR count). The van der Waals surface area contributed by atoms with Crippen molar-refractivity contribution in [1.29, 1.82) is 0 Å². The van der Waals surface area contributed by atoms with Gasteiger partial charge in [-0.15, -0.1) is 0 Å². The molecule has 5 atom stereocenters. The van der Waals surface area contributed by atoms with Gasteiger partial charge in [0.2, 0.25) is 0 Å². The Morgan fingerprint density at radius 2 is 1.85 bits per heavy atom. The molecule has 0 aromatic heterocycles. The van der Waals surface area contributed by atoms with E-state index in [1.54, 1.807) is 6.08 Å². The number of aryl methyl sites for hydroxylation is 1. The van der Waals surface area contributed by atoms with Crippen LogP contribution in [0.3, 0.4) is 0 Å². The third-order valence-electron chi connectivity index (χ3n) is 7.74. The SMILES string of the molecule is C=Cc1cc(CC(=O)C2C(c3ccccc3)OC34Cc5ccccc5C3OC(=O)C24)ccc1C. The number of fused-ring (bicyclic) bond motifs is 2. The predicted octanol–water partition coefficient (Wildman–Crippen LogP) is 5.35. The van der Waals surface area contributed by atoms with Crippen molar-refractivity contribution in [3.8, 4) is 0 Å². The van der Waals surface area contributed by atoms with Crippen molar-refractivity contribution in [2.45, 2.75) is 37.6 Å². The third-order valence-corrected chi connectivity index (χ3v) is 7.74. The largest absolute Gasteiger partial charge is 0.454 e. The highest BCUT2D eigenvalue weighted by atomic mass is 16.6. The number of carbonyl (C=O) groups is 2. The first-order valence-electron chi connectivity index (χ1n) is 11.8. The Kier molecular flexibility index (Phi) is 4.82. The molecule has 170 valence electrons. The number of hydrogen-bond donors (Lipinski definition) is 0. The Morgan fingerprint density at radius 3 is 2.65 bits per heavy atom. The molecule has 2 saturated heterocycles. The lowest BCUT2D eigenvalue weighted by atomic mass is 9.74. The van der Waals surface area contributed by atoms with Gasteiger partial charge >= 0.3 is 5.97 Å². The minimum Gasteiger partial charge on any atom is -0.454 e.